The van der Waals surface area contributed by atoms with E-state index in [9.17, 15) is 0 Å². The molecule has 0 saturated carbocycles. The number of hydrogen-bond acceptors (Lipinski definition) is 2. The van der Waals surface area contributed by atoms with Crippen LogP contribution >= 0.6 is 23.2 Å². The first-order valence-corrected chi connectivity index (χ1v) is 6.79. The summed E-state index contributed by atoms with van der Waals surface area (Å²) in [6.45, 7) is 0. The highest BCUT2D eigenvalue weighted by atomic mass is 35.5. The standard InChI is InChI=1S/C15H15Cl2NO/c1-18(12-4-3-5-13(9-12)19-2)15-7-6-11(10-16)8-14(15)17/h3-9H,10H2,1-2H3. The number of ether oxygens (including phenoxy) is 1. The smallest absolute Gasteiger partial charge is 0.120 e. The third kappa shape index (κ3) is 3.14. The Hall–Kier alpha value is -1.38. The van der Waals surface area contributed by atoms with Crippen LogP contribution in [0.3, 0.4) is 0 Å². The van der Waals surface area contributed by atoms with Crippen LogP contribution in [-0.2, 0) is 5.88 Å². The molecule has 0 radical (unpaired) electrons. The van der Waals surface area contributed by atoms with Gasteiger partial charge >= 0.3 is 0 Å². The number of nitrogens with zero attached hydrogens (tertiary/aromatic N) is 1. The van der Waals surface area contributed by atoms with Crippen molar-refractivity contribution in [1.82, 2.24) is 0 Å². The molecule has 0 aromatic heterocycles. The van der Waals surface area contributed by atoms with Gasteiger partial charge < -0.3 is 9.64 Å². The van der Waals surface area contributed by atoms with E-state index in [-0.39, 0.29) is 0 Å². The number of alkyl halides is 1. The van der Waals surface area contributed by atoms with E-state index in [1.54, 1.807) is 7.11 Å². The summed E-state index contributed by atoms with van der Waals surface area (Å²) in [4.78, 5) is 2.02. The van der Waals surface area contributed by atoms with Crippen molar-refractivity contribution in [2.24, 2.45) is 0 Å². The molecule has 0 saturated heterocycles. The molecular weight excluding hydrogens is 281 g/mol. The Labute approximate surface area is 123 Å². The Kier molecular flexibility index (Phi) is 4.56. The average molecular weight is 296 g/mol. The Morgan fingerprint density at radius 2 is 1.95 bits per heavy atom. The monoisotopic (exact) mass is 295 g/mol. The summed E-state index contributed by atoms with van der Waals surface area (Å²) in [6.07, 6.45) is 0. The van der Waals surface area contributed by atoms with Crippen LogP contribution < -0.4 is 9.64 Å². The first-order valence-electron chi connectivity index (χ1n) is 5.88. The van der Waals surface area contributed by atoms with Crippen LogP contribution in [0.15, 0.2) is 42.5 Å². The zero-order chi connectivity index (χ0) is 13.8. The van der Waals surface area contributed by atoms with Crippen molar-refractivity contribution in [3.8, 4) is 5.75 Å². The predicted molar refractivity (Wildman–Crippen MR) is 82.1 cm³/mol. The lowest BCUT2D eigenvalue weighted by Crippen LogP contribution is -2.10. The van der Waals surface area contributed by atoms with Gasteiger partial charge in [-0.3, -0.25) is 0 Å². The highest BCUT2D eigenvalue weighted by Gasteiger charge is 2.09. The fourth-order valence-corrected chi connectivity index (χ4v) is 2.36. The molecule has 19 heavy (non-hydrogen) atoms. The van der Waals surface area contributed by atoms with E-state index >= 15 is 0 Å². The number of benzene rings is 2. The van der Waals surface area contributed by atoms with Gasteiger partial charge in [0.15, 0.2) is 0 Å². The summed E-state index contributed by atoms with van der Waals surface area (Å²) in [5, 5.41) is 0.684. The molecule has 0 atom stereocenters. The van der Waals surface area contributed by atoms with E-state index in [0.29, 0.717) is 10.9 Å². The molecule has 0 aliphatic rings. The van der Waals surface area contributed by atoms with Gasteiger partial charge in [-0.2, -0.15) is 0 Å². The van der Waals surface area contributed by atoms with Crippen LogP contribution in [0.4, 0.5) is 11.4 Å². The van der Waals surface area contributed by atoms with Gasteiger partial charge in [-0.25, -0.2) is 0 Å². The molecule has 0 aliphatic carbocycles. The van der Waals surface area contributed by atoms with Crippen LogP contribution in [0.5, 0.6) is 5.75 Å². The maximum absolute atomic E-state index is 6.30. The summed E-state index contributed by atoms with van der Waals surface area (Å²) < 4.78 is 5.23. The van der Waals surface area contributed by atoms with E-state index in [1.807, 2.05) is 54.4 Å². The van der Waals surface area contributed by atoms with E-state index in [4.69, 9.17) is 27.9 Å². The van der Waals surface area contributed by atoms with Crippen molar-refractivity contribution in [2.45, 2.75) is 5.88 Å². The first kappa shape index (κ1) is 14.0. The number of halogens is 2. The average Bonchev–Trinajstić information content (AvgIpc) is 2.46. The van der Waals surface area contributed by atoms with Gasteiger partial charge in [-0.1, -0.05) is 23.7 Å². The lowest BCUT2D eigenvalue weighted by Gasteiger charge is -2.21. The van der Waals surface area contributed by atoms with Crippen LogP contribution in [0.1, 0.15) is 5.56 Å². The number of rotatable bonds is 4. The molecule has 0 N–H and O–H groups in total. The van der Waals surface area contributed by atoms with Crippen molar-refractivity contribution in [2.75, 3.05) is 19.1 Å². The Morgan fingerprint density at radius 1 is 1.16 bits per heavy atom. The minimum Gasteiger partial charge on any atom is -0.497 e. The lowest BCUT2D eigenvalue weighted by atomic mass is 10.2. The minimum atomic E-state index is 0.461. The molecule has 2 rings (SSSR count). The zero-order valence-electron chi connectivity index (χ0n) is 10.9. The van der Waals surface area contributed by atoms with Gasteiger partial charge in [-0.15, -0.1) is 11.6 Å². The Morgan fingerprint density at radius 3 is 2.58 bits per heavy atom. The van der Waals surface area contributed by atoms with E-state index in [1.165, 1.54) is 0 Å². The van der Waals surface area contributed by atoms with Crippen molar-refractivity contribution >= 4 is 34.6 Å². The van der Waals surface area contributed by atoms with Crippen LogP contribution in [-0.4, -0.2) is 14.2 Å². The van der Waals surface area contributed by atoms with Gasteiger partial charge in [0.25, 0.3) is 0 Å². The van der Waals surface area contributed by atoms with Gasteiger partial charge in [0, 0.05) is 24.7 Å². The van der Waals surface area contributed by atoms with E-state index in [2.05, 4.69) is 0 Å². The Balaban J connectivity index is 2.35. The van der Waals surface area contributed by atoms with Gasteiger partial charge in [0.05, 0.1) is 17.8 Å². The largest absolute Gasteiger partial charge is 0.497 e. The Bertz CT molecular complexity index is 572. The second-order valence-electron chi connectivity index (χ2n) is 4.18. The maximum Gasteiger partial charge on any atom is 0.120 e. The topological polar surface area (TPSA) is 12.5 Å². The van der Waals surface area contributed by atoms with Crippen molar-refractivity contribution in [3.63, 3.8) is 0 Å². The zero-order valence-corrected chi connectivity index (χ0v) is 12.4. The number of methoxy groups -OCH3 is 1. The maximum atomic E-state index is 6.30. The highest BCUT2D eigenvalue weighted by molar-refractivity contribution is 6.33. The SMILES string of the molecule is COc1cccc(N(C)c2ccc(CCl)cc2Cl)c1. The van der Waals surface area contributed by atoms with Gasteiger partial charge in [0.1, 0.15) is 5.75 Å². The predicted octanol–water partition coefficient (Wildman–Crippen LogP) is 4.86. The van der Waals surface area contributed by atoms with Crippen LogP contribution in [0, 0.1) is 0 Å². The van der Waals surface area contributed by atoms with Crippen molar-refractivity contribution < 1.29 is 4.74 Å². The fourth-order valence-electron chi connectivity index (χ4n) is 1.86. The molecule has 100 valence electrons. The molecule has 4 heteroatoms. The molecule has 2 nitrogen and oxygen atoms in total. The summed E-state index contributed by atoms with van der Waals surface area (Å²) in [7, 11) is 3.62. The molecular formula is C15H15Cl2NO. The molecule has 2 aromatic carbocycles. The van der Waals surface area contributed by atoms with Gasteiger partial charge in [-0.05, 0) is 29.8 Å². The molecule has 0 amide bonds. The lowest BCUT2D eigenvalue weighted by molar-refractivity contribution is 0.415. The number of hydrogen-bond donors (Lipinski definition) is 0. The third-order valence-electron chi connectivity index (χ3n) is 2.97. The number of anilines is 2. The first-order chi connectivity index (χ1) is 9.15. The second kappa shape index (κ2) is 6.18. The molecule has 0 aliphatic heterocycles. The fraction of sp³-hybridized carbons (Fsp3) is 0.200. The van der Waals surface area contributed by atoms with Crippen LogP contribution in [0.25, 0.3) is 0 Å². The van der Waals surface area contributed by atoms with Crippen molar-refractivity contribution in [3.05, 3.63) is 53.1 Å². The minimum absolute atomic E-state index is 0.461. The summed E-state index contributed by atoms with van der Waals surface area (Å²) in [6, 6.07) is 13.7. The molecule has 0 fully saturated rings. The quantitative estimate of drug-likeness (QED) is 0.747. The highest BCUT2D eigenvalue weighted by Crippen LogP contribution is 2.32. The summed E-state index contributed by atoms with van der Waals surface area (Å²) >= 11 is 12.1. The molecule has 0 heterocycles. The molecule has 2 aromatic rings. The summed E-state index contributed by atoms with van der Waals surface area (Å²) in [5.74, 6) is 1.28. The van der Waals surface area contributed by atoms with Gasteiger partial charge in [0.2, 0.25) is 0 Å². The molecule has 0 bridgehead atoms. The van der Waals surface area contributed by atoms with Crippen molar-refractivity contribution in [1.29, 1.82) is 0 Å². The molecule has 0 spiro atoms. The second-order valence-corrected chi connectivity index (χ2v) is 4.85. The van der Waals surface area contributed by atoms with Crippen LogP contribution in [0.2, 0.25) is 5.02 Å². The van der Waals surface area contributed by atoms with E-state index < -0.39 is 0 Å². The third-order valence-corrected chi connectivity index (χ3v) is 3.58. The normalized spacial score (nSPS) is 10.3. The van der Waals surface area contributed by atoms with E-state index in [0.717, 1.165) is 22.7 Å². The summed E-state index contributed by atoms with van der Waals surface area (Å²) in [5.41, 5.74) is 2.96. The molecule has 0 unspecified atom stereocenters.